The topological polar surface area (TPSA) is 68.3 Å². The van der Waals surface area contributed by atoms with Crippen LogP contribution in [0.25, 0.3) is 20.8 Å². The smallest absolute Gasteiger partial charge is 0.313 e. The molecule has 1 aromatic heterocycles. The minimum atomic E-state index is -0.393. The maximum Gasteiger partial charge on any atom is 0.313 e. The van der Waals surface area contributed by atoms with Gasteiger partial charge in [0.25, 0.3) is 5.91 Å². The molecule has 0 aliphatic heterocycles. The standard InChI is InChI=1S/C26H24N2O3S/c1-3-21(18-7-5-4-6-8-18)26(30)31-16-24(29)27-20-12-10-19(11-13-20)25-28-22-14-9-17(2)15-23(22)32-25/h4-15,21H,3,16H2,1-2H3,(H,27,29)/t21-/m1/s1. The lowest BCUT2D eigenvalue weighted by atomic mass is 9.97. The zero-order chi connectivity index (χ0) is 22.5. The molecule has 0 bridgehead atoms. The van der Waals surface area contributed by atoms with E-state index in [1.165, 1.54) is 5.56 Å². The molecule has 0 fully saturated rings. The first-order chi connectivity index (χ1) is 15.5. The van der Waals surface area contributed by atoms with Crippen molar-refractivity contribution in [3.63, 3.8) is 0 Å². The normalized spacial score (nSPS) is 11.8. The van der Waals surface area contributed by atoms with E-state index >= 15 is 0 Å². The SMILES string of the molecule is CC[C@@H](C(=O)OCC(=O)Nc1ccc(-c2nc3ccc(C)cc3s2)cc1)c1ccccc1. The Bertz CT molecular complexity index is 1230. The summed E-state index contributed by atoms with van der Waals surface area (Å²) in [5.74, 6) is -1.14. The Kier molecular flexibility index (Phi) is 6.61. The molecule has 4 aromatic rings. The number of esters is 1. The van der Waals surface area contributed by atoms with Crippen LogP contribution in [0.3, 0.4) is 0 Å². The van der Waals surface area contributed by atoms with E-state index in [4.69, 9.17) is 4.74 Å². The molecule has 1 amide bonds. The molecule has 1 heterocycles. The van der Waals surface area contributed by atoms with Crippen LogP contribution in [0.2, 0.25) is 0 Å². The highest BCUT2D eigenvalue weighted by molar-refractivity contribution is 7.21. The molecule has 0 unspecified atom stereocenters. The van der Waals surface area contributed by atoms with Gasteiger partial charge in [-0.1, -0.05) is 43.3 Å². The summed E-state index contributed by atoms with van der Waals surface area (Å²) in [5.41, 5.74) is 4.71. The first-order valence-corrected chi connectivity index (χ1v) is 11.3. The highest BCUT2D eigenvalue weighted by atomic mass is 32.1. The lowest BCUT2D eigenvalue weighted by molar-refractivity contribution is -0.149. The van der Waals surface area contributed by atoms with Crippen molar-refractivity contribution in [1.82, 2.24) is 4.98 Å². The molecule has 0 spiro atoms. The summed E-state index contributed by atoms with van der Waals surface area (Å²) in [7, 11) is 0. The van der Waals surface area contributed by atoms with Gasteiger partial charge in [-0.25, -0.2) is 4.98 Å². The van der Waals surface area contributed by atoms with E-state index in [1.807, 2.05) is 67.6 Å². The van der Waals surface area contributed by atoms with Crippen molar-refractivity contribution in [2.24, 2.45) is 0 Å². The molecule has 32 heavy (non-hydrogen) atoms. The number of carbonyl (C=O) groups excluding carboxylic acids is 2. The van der Waals surface area contributed by atoms with Gasteiger partial charge in [0.2, 0.25) is 0 Å². The van der Waals surface area contributed by atoms with Crippen LogP contribution in [0.5, 0.6) is 0 Å². The van der Waals surface area contributed by atoms with Crippen LogP contribution in [-0.2, 0) is 14.3 Å². The number of thiazole rings is 1. The summed E-state index contributed by atoms with van der Waals surface area (Å²) < 4.78 is 6.41. The molecule has 0 aliphatic carbocycles. The van der Waals surface area contributed by atoms with Crippen LogP contribution in [0, 0.1) is 6.92 Å². The zero-order valence-electron chi connectivity index (χ0n) is 18.0. The number of hydrogen-bond acceptors (Lipinski definition) is 5. The number of ether oxygens (including phenoxy) is 1. The molecule has 0 aliphatic rings. The third kappa shape index (κ3) is 5.03. The number of amides is 1. The van der Waals surface area contributed by atoms with Crippen molar-refractivity contribution in [2.75, 3.05) is 11.9 Å². The Morgan fingerprint density at radius 2 is 1.78 bits per heavy atom. The molecular formula is C26H24N2O3S. The van der Waals surface area contributed by atoms with Gasteiger partial charge in [-0.15, -0.1) is 11.3 Å². The number of benzene rings is 3. The van der Waals surface area contributed by atoms with Crippen LogP contribution in [-0.4, -0.2) is 23.5 Å². The lowest BCUT2D eigenvalue weighted by Crippen LogP contribution is -2.23. The number of nitrogens with one attached hydrogen (secondary N) is 1. The Balaban J connectivity index is 1.34. The predicted octanol–water partition coefficient (Wildman–Crippen LogP) is 5.95. The highest BCUT2D eigenvalue weighted by Crippen LogP contribution is 2.31. The zero-order valence-corrected chi connectivity index (χ0v) is 18.8. The maximum atomic E-state index is 12.4. The van der Waals surface area contributed by atoms with Gasteiger partial charge in [0.15, 0.2) is 6.61 Å². The molecule has 0 saturated carbocycles. The van der Waals surface area contributed by atoms with E-state index in [0.717, 1.165) is 26.4 Å². The molecule has 4 rings (SSSR count). The lowest BCUT2D eigenvalue weighted by Gasteiger charge is -2.14. The maximum absolute atomic E-state index is 12.4. The minimum absolute atomic E-state index is 0.318. The van der Waals surface area contributed by atoms with Gasteiger partial charge in [-0.3, -0.25) is 9.59 Å². The second kappa shape index (κ2) is 9.75. The van der Waals surface area contributed by atoms with Crippen molar-refractivity contribution in [2.45, 2.75) is 26.2 Å². The number of fused-ring (bicyclic) bond motifs is 1. The van der Waals surface area contributed by atoms with Gasteiger partial charge in [0.1, 0.15) is 5.01 Å². The van der Waals surface area contributed by atoms with Gasteiger partial charge in [0, 0.05) is 11.3 Å². The van der Waals surface area contributed by atoms with Gasteiger partial charge in [0.05, 0.1) is 16.1 Å². The number of hydrogen-bond donors (Lipinski definition) is 1. The monoisotopic (exact) mass is 444 g/mol. The molecule has 1 atom stereocenters. The summed E-state index contributed by atoms with van der Waals surface area (Å²) >= 11 is 1.64. The third-order valence-corrected chi connectivity index (χ3v) is 6.27. The van der Waals surface area contributed by atoms with E-state index < -0.39 is 5.97 Å². The number of aromatic nitrogens is 1. The minimum Gasteiger partial charge on any atom is -0.455 e. The molecule has 1 N–H and O–H groups in total. The van der Waals surface area contributed by atoms with Crippen LogP contribution in [0.4, 0.5) is 5.69 Å². The predicted molar refractivity (Wildman–Crippen MR) is 129 cm³/mol. The highest BCUT2D eigenvalue weighted by Gasteiger charge is 2.21. The quantitative estimate of drug-likeness (QED) is 0.358. The fraction of sp³-hybridized carbons (Fsp3) is 0.192. The van der Waals surface area contributed by atoms with Crippen molar-refractivity contribution in [3.8, 4) is 10.6 Å². The summed E-state index contributed by atoms with van der Waals surface area (Å²) in [6.45, 7) is 3.67. The second-order valence-electron chi connectivity index (χ2n) is 7.59. The average molecular weight is 445 g/mol. The number of carbonyl (C=O) groups is 2. The number of aryl methyl sites for hydroxylation is 1. The summed E-state index contributed by atoms with van der Waals surface area (Å²) in [5, 5.41) is 3.71. The van der Waals surface area contributed by atoms with E-state index in [2.05, 4.69) is 29.4 Å². The molecule has 162 valence electrons. The number of rotatable bonds is 7. The van der Waals surface area contributed by atoms with E-state index in [0.29, 0.717) is 12.1 Å². The Morgan fingerprint density at radius 1 is 1.03 bits per heavy atom. The van der Waals surface area contributed by atoms with Crippen LogP contribution < -0.4 is 5.32 Å². The van der Waals surface area contributed by atoms with E-state index in [1.54, 1.807) is 11.3 Å². The summed E-state index contributed by atoms with van der Waals surface area (Å²) in [6.07, 6.45) is 0.608. The molecule has 5 nitrogen and oxygen atoms in total. The second-order valence-corrected chi connectivity index (χ2v) is 8.63. The van der Waals surface area contributed by atoms with Crippen LogP contribution >= 0.6 is 11.3 Å². The largest absolute Gasteiger partial charge is 0.455 e. The van der Waals surface area contributed by atoms with Gasteiger partial charge >= 0.3 is 5.97 Å². The summed E-state index contributed by atoms with van der Waals surface area (Å²) in [4.78, 5) is 29.4. The van der Waals surface area contributed by atoms with Crippen LogP contribution in [0.1, 0.15) is 30.4 Å². The fourth-order valence-electron chi connectivity index (χ4n) is 3.51. The molecule has 0 saturated heterocycles. The Hall–Kier alpha value is -3.51. The first-order valence-electron chi connectivity index (χ1n) is 10.5. The fourth-order valence-corrected chi connectivity index (χ4v) is 4.58. The summed E-state index contributed by atoms with van der Waals surface area (Å²) in [6, 6.07) is 23.2. The van der Waals surface area contributed by atoms with Crippen molar-refractivity contribution in [3.05, 3.63) is 83.9 Å². The number of anilines is 1. The van der Waals surface area contributed by atoms with Gasteiger partial charge < -0.3 is 10.1 Å². The Labute approximate surface area is 191 Å². The van der Waals surface area contributed by atoms with Gasteiger partial charge in [-0.2, -0.15) is 0 Å². The number of nitrogens with zero attached hydrogens (tertiary/aromatic N) is 1. The van der Waals surface area contributed by atoms with E-state index in [-0.39, 0.29) is 18.4 Å². The molecular weight excluding hydrogens is 420 g/mol. The first kappa shape index (κ1) is 21.7. The molecule has 3 aromatic carbocycles. The van der Waals surface area contributed by atoms with Crippen molar-refractivity contribution in [1.29, 1.82) is 0 Å². The van der Waals surface area contributed by atoms with Crippen LogP contribution in [0.15, 0.2) is 72.8 Å². The average Bonchev–Trinajstić information content (AvgIpc) is 3.22. The van der Waals surface area contributed by atoms with Crippen molar-refractivity contribution < 1.29 is 14.3 Å². The van der Waals surface area contributed by atoms with E-state index in [9.17, 15) is 9.59 Å². The molecule has 0 radical (unpaired) electrons. The Morgan fingerprint density at radius 3 is 2.50 bits per heavy atom. The van der Waals surface area contributed by atoms with Crippen molar-refractivity contribution >= 4 is 39.1 Å². The third-order valence-electron chi connectivity index (χ3n) is 5.20. The van der Waals surface area contributed by atoms with Gasteiger partial charge in [-0.05, 0) is 60.9 Å². The molecule has 6 heteroatoms.